The van der Waals surface area contributed by atoms with E-state index in [2.05, 4.69) is 19.2 Å². The van der Waals surface area contributed by atoms with Crippen LogP contribution in [-0.4, -0.2) is 28.5 Å². The summed E-state index contributed by atoms with van der Waals surface area (Å²) in [5, 5.41) is 0. The van der Waals surface area contributed by atoms with Crippen LogP contribution in [0.1, 0.15) is 10.4 Å². The molecular weight excluding hydrogens is 236 g/mol. The Hall–Kier alpha value is -1.69. The maximum atomic E-state index is 5.06. The summed E-state index contributed by atoms with van der Waals surface area (Å²) in [4.78, 5) is 11.5. The lowest BCUT2D eigenvalue weighted by Gasteiger charge is -2.18. The summed E-state index contributed by atoms with van der Waals surface area (Å²) in [7, 11) is 3.62. The van der Waals surface area contributed by atoms with E-state index in [1.54, 1.807) is 13.4 Å². The zero-order valence-electron chi connectivity index (χ0n) is 10.0. The van der Waals surface area contributed by atoms with Crippen LogP contribution in [0, 0.1) is 6.92 Å². The molecule has 0 saturated heterocycles. The van der Waals surface area contributed by atoms with Crippen molar-refractivity contribution >= 4 is 17.4 Å². The average Bonchev–Trinajstić information content (AvgIpc) is 2.77. The van der Waals surface area contributed by atoms with Gasteiger partial charge in [-0.2, -0.15) is 4.37 Å². The lowest BCUT2D eigenvalue weighted by molar-refractivity contribution is 0.402. The Balaban J connectivity index is 2.11. The molecule has 2 rings (SSSR count). The Morgan fingerprint density at radius 2 is 2.29 bits per heavy atom. The van der Waals surface area contributed by atoms with Crippen LogP contribution < -0.4 is 9.64 Å². The van der Waals surface area contributed by atoms with Gasteiger partial charge in [-0.3, -0.25) is 0 Å². The van der Waals surface area contributed by atoms with E-state index in [-0.39, 0.29) is 0 Å². The molecule has 5 nitrogen and oxygen atoms in total. The fourth-order valence-corrected chi connectivity index (χ4v) is 2.31. The molecule has 0 aliphatic heterocycles. The van der Waals surface area contributed by atoms with Gasteiger partial charge in [-0.25, -0.2) is 9.97 Å². The highest BCUT2D eigenvalue weighted by Gasteiger charge is 2.09. The Bertz CT molecular complexity index is 500. The molecule has 0 unspecified atom stereocenters. The largest absolute Gasteiger partial charge is 0.480 e. The van der Waals surface area contributed by atoms with Crippen LogP contribution in [0.25, 0.3) is 0 Å². The van der Waals surface area contributed by atoms with Crippen LogP contribution in [-0.2, 0) is 6.54 Å². The molecule has 0 aliphatic rings. The van der Waals surface area contributed by atoms with Gasteiger partial charge in [0.05, 0.1) is 13.7 Å². The first-order valence-electron chi connectivity index (χ1n) is 5.18. The van der Waals surface area contributed by atoms with Crippen molar-refractivity contribution in [3.05, 3.63) is 29.0 Å². The standard InChI is InChI=1S/C11H14N4OS/c1-8-5-12-7-13-11(8)15(2)6-9-4-10(16-3)14-17-9/h4-5,7H,6H2,1-3H3. The Kier molecular flexibility index (Phi) is 3.53. The van der Waals surface area contributed by atoms with Gasteiger partial charge in [0.25, 0.3) is 0 Å². The van der Waals surface area contributed by atoms with E-state index in [0.29, 0.717) is 5.88 Å². The Morgan fingerprint density at radius 1 is 1.47 bits per heavy atom. The van der Waals surface area contributed by atoms with Crippen molar-refractivity contribution in [2.45, 2.75) is 13.5 Å². The van der Waals surface area contributed by atoms with Crippen molar-refractivity contribution in [3.8, 4) is 5.88 Å². The topological polar surface area (TPSA) is 51.1 Å². The third kappa shape index (κ3) is 2.71. The van der Waals surface area contributed by atoms with Crippen molar-refractivity contribution < 1.29 is 4.74 Å². The minimum atomic E-state index is 0.665. The number of aryl methyl sites for hydroxylation is 1. The molecular formula is C11H14N4OS. The first kappa shape index (κ1) is 11.8. The van der Waals surface area contributed by atoms with Gasteiger partial charge in [-0.05, 0) is 18.5 Å². The van der Waals surface area contributed by atoms with E-state index in [0.717, 1.165) is 22.8 Å². The normalized spacial score (nSPS) is 10.3. The van der Waals surface area contributed by atoms with Gasteiger partial charge < -0.3 is 9.64 Å². The number of hydrogen-bond donors (Lipinski definition) is 0. The smallest absolute Gasteiger partial charge is 0.225 e. The number of aromatic nitrogens is 3. The van der Waals surface area contributed by atoms with Crippen molar-refractivity contribution in [2.24, 2.45) is 0 Å². The molecule has 2 aromatic heterocycles. The third-order valence-electron chi connectivity index (χ3n) is 2.37. The average molecular weight is 250 g/mol. The fourth-order valence-electron chi connectivity index (χ4n) is 1.57. The molecule has 0 spiro atoms. The third-order valence-corrected chi connectivity index (χ3v) is 3.12. The van der Waals surface area contributed by atoms with Gasteiger partial charge in [0.1, 0.15) is 12.1 Å². The fraction of sp³-hybridized carbons (Fsp3) is 0.364. The van der Waals surface area contributed by atoms with Gasteiger partial charge >= 0.3 is 0 Å². The van der Waals surface area contributed by atoms with Crippen LogP contribution >= 0.6 is 11.5 Å². The number of nitrogens with zero attached hydrogens (tertiary/aromatic N) is 4. The number of hydrogen-bond acceptors (Lipinski definition) is 6. The number of rotatable bonds is 4. The number of anilines is 1. The van der Waals surface area contributed by atoms with Gasteiger partial charge in [-0.1, -0.05) is 0 Å². The second-order valence-electron chi connectivity index (χ2n) is 3.72. The van der Waals surface area contributed by atoms with Crippen molar-refractivity contribution in [2.75, 3.05) is 19.1 Å². The molecule has 2 aromatic rings. The molecule has 0 N–H and O–H groups in total. The molecule has 0 radical (unpaired) electrons. The van der Waals surface area contributed by atoms with Crippen LogP contribution in [0.15, 0.2) is 18.6 Å². The Labute approximate surface area is 104 Å². The maximum Gasteiger partial charge on any atom is 0.225 e. The van der Waals surface area contributed by atoms with E-state index in [1.807, 2.05) is 26.2 Å². The Morgan fingerprint density at radius 3 is 2.94 bits per heavy atom. The van der Waals surface area contributed by atoms with E-state index in [9.17, 15) is 0 Å². The van der Waals surface area contributed by atoms with E-state index < -0.39 is 0 Å². The monoisotopic (exact) mass is 250 g/mol. The molecule has 0 atom stereocenters. The minimum Gasteiger partial charge on any atom is -0.480 e. The molecule has 17 heavy (non-hydrogen) atoms. The van der Waals surface area contributed by atoms with Gasteiger partial charge in [0.2, 0.25) is 5.88 Å². The maximum absolute atomic E-state index is 5.06. The van der Waals surface area contributed by atoms with Crippen LogP contribution in [0.4, 0.5) is 5.82 Å². The summed E-state index contributed by atoms with van der Waals surface area (Å²) < 4.78 is 9.22. The lowest BCUT2D eigenvalue weighted by atomic mass is 10.3. The molecule has 2 heterocycles. The molecule has 0 fully saturated rings. The van der Waals surface area contributed by atoms with Gasteiger partial charge in [-0.15, -0.1) is 0 Å². The van der Waals surface area contributed by atoms with E-state index in [1.165, 1.54) is 11.5 Å². The van der Waals surface area contributed by atoms with Gasteiger partial charge in [0.15, 0.2) is 0 Å². The predicted octanol–water partition coefficient (Wildman–Crippen LogP) is 1.89. The van der Waals surface area contributed by atoms with Gasteiger partial charge in [0, 0.05) is 29.8 Å². The predicted molar refractivity (Wildman–Crippen MR) is 67.5 cm³/mol. The highest BCUT2D eigenvalue weighted by atomic mass is 32.1. The first-order valence-corrected chi connectivity index (χ1v) is 5.95. The van der Waals surface area contributed by atoms with Crippen LogP contribution in [0.2, 0.25) is 0 Å². The van der Waals surface area contributed by atoms with Crippen molar-refractivity contribution in [1.29, 1.82) is 0 Å². The second-order valence-corrected chi connectivity index (χ2v) is 4.61. The quantitative estimate of drug-likeness (QED) is 0.829. The zero-order chi connectivity index (χ0) is 12.3. The van der Waals surface area contributed by atoms with Crippen molar-refractivity contribution in [3.63, 3.8) is 0 Å². The molecule has 0 aliphatic carbocycles. The summed E-state index contributed by atoms with van der Waals surface area (Å²) in [5.41, 5.74) is 1.06. The van der Waals surface area contributed by atoms with Crippen molar-refractivity contribution in [1.82, 2.24) is 14.3 Å². The summed E-state index contributed by atoms with van der Waals surface area (Å²) in [6, 6.07) is 1.94. The first-order chi connectivity index (χ1) is 8.20. The van der Waals surface area contributed by atoms with Crippen LogP contribution in [0.5, 0.6) is 5.88 Å². The summed E-state index contributed by atoms with van der Waals surface area (Å²) in [6.45, 7) is 2.76. The molecule has 6 heteroatoms. The molecule has 0 amide bonds. The lowest BCUT2D eigenvalue weighted by Crippen LogP contribution is -2.18. The number of ether oxygens (including phenoxy) is 1. The molecule has 0 saturated carbocycles. The molecule has 0 aromatic carbocycles. The molecule has 90 valence electrons. The number of methoxy groups -OCH3 is 1. The summed E-state index contributed by atoms with van der Waals surface area (Å²) >= 11 is 1.44. The zero-order valence-corrected chi connectivity index (χ0v) is 10.9. The van der Waals surface area contributed by atoms with Crippen LogP contribution in [0.3, 0.4) is 0 Å². The summed E-state index contributed by atoms with van der Waals surface area (Å²) in [6.07, 6.45) is 3.37. The van der Waals surface area contributed by atoms with E-state index >= 15 is 0 Å². The highest BCUT2D eigenvalue weighted by Crippen LogP contribution is 2.21. The highest BCUT2D eigenvalue weighted by molar-refractivity contribution is 7.05. The molecule has 0 bridgehead atoms. The minimum absolute atomic E-state index is 0.665. The van der Waals surface area contributed by atoms with E-state index in [4.69, 9.17) is 4.74 Å². The summed E-state index contributed by atoms with van der Waals surface area (Å²) in [5.74, 6) is 1.60. The second kappa shape index (κ2) is 5.09. The SMILES string of the molecule is COc1cc(CN(C)c2ncncc2C)sn1.